The van der Waals surface area contributed by atoms with Gasteiger partial charge < -0.3 is 14.5 Å². The molecule has 0 bridgehead atoms. The van der Waals surface area contributed by atoms with Crippen molar-refractivity contribution in [1.82, 2.24) is 19.6 Å². The van der Waals surface area contributed by atoms with Crippen LogP contribution in [0.4, 0.5) is 0 Å². The Balaban J connectivity index is 1.63. The van der Waals surface area contributed by atoms with Gasteiger partial charge in [0.2, 0.25) is 5.91 Å². The van der Waals surface area contributed by atoms with Gasteiger partial charge in [0.05, 0.1) is 41.7 Å². The van der Waals surface area contributed by atoms with E-state index in [0.717, 1.165) is 10.6 Å². The Labute approximate surface area is 193 Å². The standard InChI is InChI=1S/C24H30N4O5/c1-5-33-24(32)18-11-13-27(14-12-18)20(29)15-26(4)23(31)22(30)21-16(2)25-28(17(21)3)19-9-7-6-8-10-19/h6-10,18H,5,11-15H2,1-4H3. The van der Waals surface area contributed by atoms with Gasteiger partial charge in [-0.25, -0.2) is 4.68 Å². The first kappa shape index (κ1) is 24.2. The molecule has 0 atom stereocenters. The minimum Gasteiger partial charge on any atom is -0.466 e. The van der Waals surface area contributed by atoms with Gasteiger partial charge in [0.15, 0.2) is 0 Å². The molecule has 0 radical (unpaired) electrons. The number of rotatable bonds is 7. The number of carbonyl (C=O) groups is 4. The molecule has 1 aliphatic heterocycles. The molecule has 1 fully saturated rings. The summed E-state index contributed by atoms with van der Waals surface area (Å²) in [7, 11) is 1.44. The molecule has 2 heterocycles. The van der Waals surface area contributed by atoms with Crippen LogP contribution in [0.15, 0.2) is 30.3 Å². The van der Waals surface area contributed by atoms with E-state index < -0.39 is 11.7 Å². The van der Waals surface area contributed by atoms with Crippen LogP contribution in [0.3, 0.4) is 0 Å². The van der Waals surface area contributed by atoms with Crippen LogP contribution in [0.1, 0.15) is 41.5 Å². The lowest BCUT2D eigenvalue weighted by Crippen LogP contribution is -2.46. The number of hydrogen-bond donors (Lipinski definition) is 0. The number of ether oxygens (including phenoxy) is 1. The van der Waals surface area contributed by atoms with Crippen LogP contribution in [0, 0.1) is 19.8 Å². The molecule has 2 amide bonds. The summed E-state index contributed by atoms with van der Waals surface area (Å²) in [6.45, 7) is 6.15. The van der Waals surface area contributed by atoms with Gasteiger partial charge >= 0.3 is 5.97 Å². The number of piperidine rings is 1. The topological polar surface area (TPSA) is 102 Å². The largest absolute Gasteiger partial charge is 0.466 e. The third-order valence-corrected chi connectivity index (χ3v) is 5.90. The number of esters is 1. The lowest BCUT2D eigenvalue weighted by molar-refractivity contribution is -0.151. The summed E-state index contributed by atoms with van der Waals surface area (Å²) in [4.78, 5) is 53.1. The number of hydrogen-bond acceptors (Lipinski definition) is 6. The number of likely N-dealkylation sites (N-methyl/N-ethyl adjacent to an activating group) is 1. The van der Waals surface area contributed by atoms with Crippen LogP contribution >= 0.6 is 0 Å². The summed E-state index contributed by atoms with van der Waals surface area (Å²) >= 11 is 0. The molecule has 3 rings (SSSR count). The molecule has 1 aliphatic rings. The maximum Gasteiger partial charge on any atom is 0.309 e. The zero-order chi connectivity index (χ0) is 24.1. The van der Waals surface area contributed by atoms with E-state index in [1.54, 1.807) is 30.4 Å². The van der Waals surface area contributed by atoms with E-state index >= 15 is 0 Å². The van der Waals surface area contributed by atoms with Crippen molar-refractivity contribution in [3.8, 4) is 5.69 Å². The number of aromatic nitrogens is 2. The van der Waals surface area contributed by atoms with Gasteiger partial charge in [0, 0.05) is 20.1 Å². The SMILES string of the molecule is CCOC(=O)C1CCN(C(=O)CN(C)C(=O)C(=O)c2c(C)nn(-c3ccccc3)c2C)CC1. The molecule has 9 heteroatoms. The Morgan fingerprint density at radius 2 is 1.73 bits per heavy atom. The molecule has 0 unspecified atom stereocenters. The predicted octanol–water partition coefficient (Wildman–Crippen LogP) is 1.93. The van der Waals surface area contributed by atoms with Gasteiger partial charge in [-0.1, -0.05) is 18.2 Å². The van der Waals surface area contributed by atoms with Crippen molar-refractivity contribution in [1.29, 1.82) is 0 Å². The first-order valence-electron chi connectivity index (χ1n) is 11.1. The predicted molar refractivity (Wildman–Crippen MR) is 121 cm³/mol. The minimum atomic E-state index is -0.761. The van der Waals surface area contributed by atoms with Gasteiger partial charge in [-0.2, -0.15) is 5.10 Å². The highest BCUT2D eigenvalue weighted by Gasteiger charge is 2.31. The molecule has 0 spiro atoms. The lowest BCUT2D eigenvalue weighted by Gasteiger charge is -2.32. The minimum absolute atomic E-state index is 0.206. The van der Waals surface area contributed by atoms with Crippen LogP contribution in [-0.2, 0) is 19.1 Å². The molecule has 1 saturated heterocycles. The summed E-state index contributed by atoms with van der Waals surface area (Å²) in [5.41, 5.74) is 2.06. The van der Waals surface area contributed by atoms with Gasteiger partial charge in [-0.05, 0) is 45.7 Å². The summed E-state index contributed by atoms with van der Waals surface area (Å²) in [5, 5.41) is 4.42. The Morgan fingerprint density at radius 1 is 1.09 bits per heavy atom. The fourth-order valence-electron chi connectivity index (χ4n) is 4.07. The quantitative estimate of drug-likeness (QED) is 0.360. The Bertz CT molecular complexity index is 1040. The highest BCUT2D eigenvalue weighted by atomic mass is 16.5. The molecular weight excluding hydrogens is 424 g/mol. The Hall–Kier alpha value is -3.49. The number of nitrogens with zero attached hydrogens (tertiary/aromatic N) is 4. The molecule has 176 valence electrons. The molecule has 33 heavy (non-hydrogen) atoms. The van der Waals surface area contributed by atoms with Crippen molar-refractivity contribution in [2.45, 2.75) is 33.6 Å². The van der Waals surface area contributed by atoms with Crippen molar-refractivity contribution in [2.24, 2.45) is 5.92 Å². The van der Waals surface area contributed by atoms with Gasteiger partial charge in [-0.3, -0.25) is 19.2 Å². The Morgan fingerprint density at radius 3 is 2.33 bits per heavy atom. The zero-order valence-electron chi connectivity index (χ0n) is 19.5. The molecule has 0 aliphatic carbocycles. The van der Waals surface area contributed by atoms with Crippen LogP contribution < -0.4 is 0 Å². The molecule has 0 saturated carbocycles. The number of carbonyl (C=O) groups excluding carboxylic acids is 4. The number of Topliss-reactive ketones (excluding diaryl/α,β-unsaturated/α-hetero) is 1. The summed E-state index contributed by atoms with van der Waals surface area (Å²) in [5.74, 6) is -2.15. The highest BCUT2D eigenvalue weighted by molar-refractivity contribution is 6.43. The molecule has 2 aromatic rings. The number of aryl methyl sites for hydroxylation is 1. The van der Waals surface area contributed by atoms with Crippen LogP contribution in [-0.4, -0.2) is 76.4 Å². The third-order valence-electron chi connectivity index (χ3n) is 5.90. The average Bonchev–Trinajstić information content (AvgIpc) is 3.12. The fraction of sp³-hybridized carbons (Fsp3) is 0.458. The van der Waals surface area contributed by atoms with Gasteiger partial charge in [0.25, 0.3) is 11.7 Å². The van der Waals surface area contributed by atoms with E-state index in [4.69, 9.17) is 4.74 Å². The Kier molecular flexibility index (Phi) is 7.63. The second kappa shape index (κ2) is 10.4. The van der Waals surface area contributed by atoms with E-state index in [0.29, 0.717) is 43.9 Å². The monoisotopic (exact) mass is 454 g/mol. The number of amides is 2. The summed E-state index contributed by atoms with van der Waals surface area (Å²) < 4.78 is 6.68. The lowest BCUT2D eigenvalue weighted by atomic mass is 9.97. The molecule has 1 aromatic heterocycles. The van der Waals surface area contributed by atoms with Crippen LogP contribution in [0.2, 0.25) is 0 Å². The molecular formula is C24H30N4O5. The first-order valence-corrected chi connectivity index (χ1v) is 11.1. The average molecular weight is 455 g/mol. The normalized spacial score (nSPS) is 14.1. The fourth-order valence-corrected chi connectivity index (χ4v) is 4.07. The number of para-hydroxylation sites is 1. The molecule has 0 N–H and O–H groups in total. The highest BCUT2D eigenvalue weighted by Crippen LogP contribution is 2.20. The first-order chi connectivity index (χ1) is 15.7. The van der Waals surface area contributed by atoms with Crippen molar-refractivity contribution >= 4 is 23.6 Å². The number of likely N-dealkylation sites (tertiary alicyclic amines) is 1. The maximum atomic E-state index is 13.0. The van der Waals surface area contributed by atoms with Crippen molar-refractivity contribution in [2.75, 3.05) is 33.3 Å². The number of benzene rings is 1. The molecule has 1 aromatic carbocycles. The zero-order valence-corrected chi connectivity index (χ0v) is 19.5. The second-order valence-electron chi connectivity index (χ2n) is 8.19. The van der Waals surface area contributed by atoms with E-state index in [-0.39, 0.29) is 29.9 Å². The second-order valence-corrected chi connectivity index (χ2v) is 8.19. The van der Waals surface area contributed by atoms with Crippen molar-refractivity contribution < 1.29 is 23.9 Å². The van der Waals surface area contributed by atoms with Crippen LogP contribution in [0.25, 0.3) is 5.69 Å². The van der Waals surface area contributed by atoms with Crippen LogP contribution in [0.5, 0.6) is 0 Å². The third kappa shape index (κ3) is 5.30. The molecule has 9 nitrogen and oxygen atoms in total. The maximum absolute atomic E-state index is 13.0. The van der Waals surface area contributed by atoms with E-state index in [2.05, 4.69) is 5.10 Å². The number of ketones is 1. The van der Waals surface area contributed by atoms with E-state index in [1.807, 2.05) is 30.3 Å². The van der Waals surface area contributed by atoms with Gasteiger partial charge in [-0.15, -0.1) is 0 Å². The summed E-state index contributed by atoms with van der Waals surface area (Å²) in [6.07, 6.45) is 1.05. The smallest absolute Gasteiger partial charge is 0.309 e. The van der Waals surface area contributed by atoms with Crippen molar-refractivity contribution in [3.05, 3.63) is 47.3 Å². The van der Waals surface area contributed by atoms with E-state index in [1.165, 1.54) is 7.05 Å². The summed E-state index contributed by atoms with van der Waals surface area (Å²) in [6, 6.07) is 9.35. The van der Waals surface area contributed by atoms with E-state index in [9.17, 15) is 19.2 Å². The van der Waals surface area contributed by atoms with Gasteiger partial charge in [0.1, 0.15) is 0 Å². The van der Waals surface area contributed by atoms with Crippen molar-refractivity contribution in [3.63, 3.8) is 0 Å².